The minimum atomic E-state index is -3.28. The van der Waals surface area contributed by atoms with Crippen molar-refractivity contribution < 1.29 is 13.2 Å². The molecule has 3 rings (SSSR count). The number of imidazole rings is 1. The maximum Gasteiger partial charge on any atom is 0.178 e. The third kappa shape index (κ3) is 2.92. The minimum absolute atomic E-state index is 0.0498. The molecule has 0 amide bonds. The molecule has 6 nitrogen and oxygen atoms in total. The number of rotatable bonds is 5. The van der Waals surface area contributed by atoms with Crippen molar-refractivity contribution in [1.82, 2.24) is 15.0 Å². The molecule has 0 saturated heterocycles. The van der Waals surface area contributed by atoms with E-state index in [-0.39, 0.29) is 10.6 Å². The predicted molar refractivity (Wildman–Crippen MR) is 88.2 cm³/mol. The SMILES string of the molecule is CCOc1cc(S(=O)(=O)CC)ccc1-c1nc2ccncc2[nH]1. The molecule has 1 aromatic carbocycles. The Morgan fingerprint density at radius 3 is 2.74 bits per heavy atom. The van der Waals surface area contributed by atoms with Crippen LogP contribution in [-0.4, -0.2) is 35.7 Å². The number of nitrogens with one attached hydrogen (secondary N) is 1. The topological polar surface area (TPSA) is 84.9 Å². The van der Waals surface area contributed by atoms with Gasteiger partial charge in [-0.15, -0.1) is 0 Å². The molecule has 0 atom stereocenters. The first kappa shape index (κ1) is 15.5. The highest BCUT2D eigenvalue weighted by Crippen LogP contribution is 2.32. The van der Waals surface area contributed by atoms with Crippen molar-refractivity contribution in [3.05, 3.63) is 36.7 Å². The van der Waals surface area contributed by atoms with Crippen molar-refractivity contribution in [1.29, 1.82) is 0 Å². The first-order chi connectivity index (χ1) is 11.0. The maximum atomic E-state index is 12.1. The van der Waals surface area contributed by atoms with Gasteiger partial charge in [-0.3, -0.25) is 4.98 Å². The molecule has 0 aliphatic rings. The molecule has 0 radical (unpaired) electrons. The van der Waals surface area contributed by atoms with Crippen LogP contribution in [0.25, 0.3) is 22.4 Å². The van der Waals surface area contributed by atoms with Gasteiger partial charge in [-0.1, -0.05) is 6.92 Å². The van der Waals surface area contributed by atoms with E-state index in [1.807, 2.05) is 13.0 Å². The quantitative estimate of drug-likeness (QED) is 0.777. The summed E-state index contributed by atoms with van der Waals surface area (Å²) in [5, 5.41) is 0. The lowest BCUT2D eigenvalue weighted by Crippen LogP contribution is -2.05. The molecule has 0 aliphatic heterocycles. The minimum Gasteiger partial charge on any atom is -0.493 e. The summed E-state index contributed by atoms with van der Waals surface area (Å²) in [6.07, 6.45) is 3.37. The highest BCUT2D eigenvalue weighted by Gasteiger charge is 2.17. The van der Waals surface area contributed by atoms with Crippen LogP contribution in [0.4, 0.5) is 0 Å². The number of aromatic nitrogens is 3. The molecular weight excluding hydrogens is 314 g/mol. The molecule has 7 heteroatoms. The van der Waals surface area contributed by atoms with Gasteiger partial charge in [0.25, 0.3) is 0 Å². The van der Waals surface area contributed by atoms with Gasteiger partial charge in [-0.25, -0.2) is 13.4 Å². The summed E-state index contributed by atoms with van der Waals surface area (Å²) < 4.78 is 29.7. The number of ether oxygens (including phenoxy) is 1. The molecule has 2 heterocycles. The largest absolute Gasteiger partial charge is 0.493 e. The molecule has 3 aromatic rings. The van der Waals surface area contributed by atoms with Gasteiger partial charge in [-0.05, 0) is 31.2 Å². The Hall–Kier alpha value is -2.41. The Morgan fingerprint density at radius 1 is 1.22 bits per heavy atom. The average molecular weight is 331 g/mol. The predicted octanol–water partition coefficient (Wildman–Crippen LogP) is 2.82. The summed E-state index contributed by atoms with van der Waals surface area (Å²) in [6.45, 7) is 3.91. The Morgan fingerprint density at radius 2 is 2.04 bits per heavy atom. The van der Waals surface area contributed by atoms with Gasteiger partial charge in [0.2, 0.25) is 0 Å². The van der Waals surface area contributed by atoms with Gasteiger partial charge in [0.15, 0.2) is 9.84 Å². The van der Waals surface area contributed by atoms with Crippen LogP contribution in [0.2, 0.25) is 0 Å². The van der Waals surface area contributed by atoms with E-state index in [0.717, 1.165) is 16.6 Å². The molecule has 2 aromatic heterocycles. The van der Waals surface area contributed by atoms with Crippen molar-refractivity contribution in [3.8, 4) is 17.1 Å². The Labute approximate surface area is 134 Å². The number of H-pyrrole nitrogens is 1. The third-order valence-corrected chi connectivity index (χ3v) is 5.26. The van der Waals surface area contributed by atoms with E-state index in [2.05, 4.69) is 15.0 Å². The number of fused-ring (bicyclic) bond motifs is 1. The number of aromatic amines is 1. The smallest absolute Gasteiger partial charge is 0.178 e. The van der Waals surface area contributed by atoms with Crippen LogP contribution in [0, 0.1) is 0 Å². The highest BCUT2D eigenvalue weighted by atomic mass is 32.2. The molecular formula is C16H17N3O3S. The van der Waals surface area contributed by atoms with Crippen LogP contribution in [0.5, 0.6) is 5.75 Å². The van der Waals surface area contributed by atoms with E-state index in [9.17, 15) is 8.42 Å². The molecule has 120 valence electrons. The first-order valence-corrected chi connectivity index (χ1v) is 9.00. The Kier molecular flexibility index (Phi) is 4.04. The van der Waals surface area contributed by atoms with Crippen LogP contribution < -0.4 is 4.74 Å². The number of sulfone groups is 1. The van der Waals surface area contributed by atoms with E-state index in [1.165, 1.54) is 0 Å². The number of benzene rings is 1. The van der Waals surface area contributed by atoms with Crippen LogP contribution in [0.3, 0.4) is 0 Å². The molecule has 23 heavy (non-hydrogen) atoms. The summed E-state index contributed by atoms with van der Waals surface area (Å²) in [4.78, 5) is 12.0. The van der Waals surface area contributed by atoms with Crippen molar-refractivity contribution in [2.45, 2.75) is 18.7 Å². The second-order valence-corrected chi connectivity index (χ2v) is 7.25. The molecule has 0 unspecified atom stereocenters. The number of pyridine rings is 1. The Balaban J connectivity index is 2.14. The summed E-state index contributed by atoms with van der Waals surface area (Å²) in [6, 6.07) is 6.68. The zero-order valence-corrected chi connectivity index (χ0v) is 13.7. The second-order valence-electron chi connectivity index (χ2n) is 4.97. The molecule has 0 aliphatic carbocycles. The number of nitrogens with zero attached hydrogens (tertiary/aromatic N) is 2. The van der Waals surface area contributed by atoms with Crippen LogP contribution in [-0.2, 0) is 9.84 Å². The number of hydrogen-bond acceptors (Lipinski definition) is 5. The highest BCUT2D eigenvalue weighted by molar-refractivity contribution is 7.91. The standard InChI is InChI=1S/C16H17N3O3S/c1-3-22-15-9-11(23(20,21)4-2)5-6-12(15)16-18-13-7-8-17-10-14(13)19-16/h5-10H,3-4H2,1-2H3,(H,18,19). The van der Waals surface area contributed by atoms with Crippen LogP contribution >= 0.6 is 0 Å². The lowest BCUT2D eigenvalue weighted by Gasteiger charge is -2.10. The fourth-order valence-corrected chi connectivity index (χ4v) is 3.21. The average Bonchev–Trinajstić information content (AvgIpc) is 2.99. The normalized spacial score (nSPS) is 11.7. The first-order valence-electron chi connectivity index (χ1n) is 7.35. The lowest BCUT2D eigenvalue weighted by molar-refractivity contribution is 0.340. The third-order valence-electron chi connectivity index (χ3n) is 3.53. The van der Waals surface area contributed by atoms with Gasteiger partial charge in [-0.2, -0.15) is 0 Å². The fraction of sp³-hybridized carbons (Fsp3) is 0.250. The van der Waals surface area contributed by atoms with E-state index in [0.29, 0.717) is 18.2 Å². The molecule has 1 N–H and O–H groups in total. The van der Waals surface area contributed by atoms with Crippen molar-refractivity contribution >= 4 is 20.9 Å². The van der Waals surface area contributed by atoms with Gasteiger partial charge in [0.1, 0.15) is 11.6 Å². The van der Waals surface area contributed by atoms with Gasteiger partial charge < -0.3 is 9.72 Å². The van der Waals surface area contributed by atoms with E-state index >= 15 is 0 Å². The molecule has 0 bridgehead atoms. The van der Waals surface area contributed by atoms with Crippen molar-refractivity contribution in [3.63, 3.8) is 0 Å². The van der Waals surface area contributed by atoms with E-state index < -0.39 is 9.84 Å². The fourth-order valence-electron chi connectivity index (χ4n) is 2.32. The summed E-state index contributed by atoms with van der Waals surface area (Å²) in [5.74, 6) is 1.17. The van der Waals surface area contributed by atoms with Crippen LogP contribution in [0.15, 0.2) is 41.6 Å². The summed E-state index contributed by atoms with van der Waals surface area (Å²) >= 11 is 0. The molecule has 0 spiro atoms. The van der Waals surface area contributed by atoms with E-state index in [1.54, 1.807) is 37.5 Å². The molecule has 0 saturated carbocycles. The lowest BCUT2D eigenvalue weighted by atomic mass is 10.2. The van der Waals surface area contributed by atoms with Gasteiger partial charge in [0.05, 0.1) is 40.0 Å². The van der Waals surface area contributed by atoms with Crippen LogP contribution in [0.1, 0.15) is 13.8 Å². The second kappa shape index (κ2) is 6.00. The maximum absolute atomic E-state index is 12.1. The number of hydrogen-bond donors (Lipinski definition) is 1. The van der Waals surface area contributed by atoms with Gasteiger partial charge >= 0.3 is 0 Å². The monoisotopic (exact) mass is 331 g/mol. The van der Waals surface area contributed by atoms with Gasteiger partial charge in [0, 0.05) is 6.20 Å². The van der Waals surface area contributed by atoms with Crippen molar-refractivity contribution in [2.75, 3.05) is 12.4 Å². The zero-order chi connectivity index (χ0) is 16.4. The van der Waals surface area contributed by atoms with E-state index in [4.69, 9.17) is 4.74 Å². The summed E-state index contributed by atoms with van der Waals surface area (Å²) in [7, 11) is -3.28. The summed E-state index contributed by atoms with van der Waals surface area (Å²) in [5.41, 5.74) is 2.33. The zero-order valence-electron chi connectivity index (χ0n) is 12.9. The molecule has 0 fully saturated rings. The van der Waals surface area contributed by atoms with Crippen molar-refractivity contribution in [2.24, 2.45) is 0 Å². The Bertz CT molecular complexity index is 915.